The average molecular weight is 531 g/mol. The van der Waals surface area contributed by atoms with E-state index in [1.54, 1.807) is 53.4 Å². The van der Waals surface area contributed by atoms with E-state index < -0.39 is 5.91 Å². The maximum absolute atomic E-state index is 12.3. The van der Waals surface area contributed by atoms with Gasteiger partial charge in [0.1, 0.15) is 12.1 Å². The molecule has 0 aliphatic rings. The molecule has 0 aromatic heterocycles. The van der Waals surface area contributed by atoms with Gasteiger partial charge < -0.3 is 22.1 Å². The second-order valence-electron chi connectivity index (χ2n) is 8.82. The van der Waals surface area contributed by atoms with Crippen molar-refractivity contribution in [3.63, 3.8) is 0 Å². The number of hydrogen-bond donors (Lipinski definition) is 3. The number of amides is 2. The number of carbonyl (C=O) groups is 2. The van der Waals surface area contributed by atoms with Gasteiger partial charge in [-0.15, -0.1) is 0 Å². The standard InChI is InChI=1S/C18H19N3O.C14H11N3O/c1-3-21(4-2)18(22)14-7-5-13(6-8-14)15-9-10-17(20)16(11-15)12-19;15-8-12-7-11(5-6-13(12)16)9-1-3-10(4-2-9)14(17)18/h5-11H,3-4,20H2,1-2H3;1-7H,16H2,(H2,17,18). The number of anilines is 2. The lowest BCUT2D eigenvalue weighted by atomic mass is 10.0. The zero-order valence-electron chi connectivity index (χ0n) is 22.4. The van der Waals surface area contributed by atoms with Crippen LogP contribution in [0.4, 0.5) is 11.4 Å². The van der Waals surface area contributed by atoms with Crippen LogP contribution in [0, 0.1) is 22.7 Å². The van der Waals surface area contributed by atoms with E-state index in [0.717, 1.165) is 22.3 Å². The molecule has 0 atom stereocenters. The molecule has 4 aromatic rings. The normalized spacial score (nSPS) is 9.90. The summed E-state index contributed by atoms with van der Waals surface area (Å²) >= 11 is 0. The SMILES string of the molecule is CCN(CC)C(=O)c1ccc(-c2ccc(N)c(C#N)c2)cc1.N#Cc1cc(-c2ccc(C(N)=O)cc2)ccc1N. The Bertz CT molecular complexity index is 1590. The number of hydrogen-bond acceptors (Lipinski definition) is 6. The predicted octanol–water partition coefficient (Wildman–Crippen LogP) is 5.20. The summed E-state index contributed by atoms with van der Waals surface area (Å²) in [5.41, 5.74) is 23.1. The summed E-state index contributed by atoms with van der Waals surface area (Å²) in [6, 6.07) is 29.0. The van der Waals surface area contributed by atoms with E-state index in [9.17, 15) is 9.59 Å². The lowest BCUT2D eigenvalue weighted by Gasteiger charge is -2.18. The highest BCUT2D eigenvalue weighted by atomic mass is 16.2. The molecule has 40 heavy (non-hydrogen) atoms. The zero-order chi connectivity index (χ0) is 29.2. The Morgan fingerprint density at radius 3 is 1.38 bits per heavy atom. The molecule has 8 nitrogen and oxygen atoms in total. The number of primary amides is 1. The third-order valence-electron chi connectivity index (χ3n) is 6.37. The predicted molar refractivity (Wildman–Crippen MR) is 158 cm³/mol. The van der Waals surface area contributed by atoms with Crippen molar-refractivity contribution in [1.82, 2.24) is 4.90 Å². The smallest absolute Gasteiger partial charge is 0.253 e. The van der Waals surface area contributed by atoms with Crippen LogP contribution in [0.5, 0.6) is 0 Å². The van der Waals surface area contributed by atoms with E-state index >= 15 is 0 Å². The Balaban J connectivity index is 0.000000225. The first kappa shape index (κ1) is 29.0. The number of benzene rings is 4. The van der Waals surface area contributed by atoms with Crippen molar-refractivity contribution in [2.24, 2.45) is 5.73 Å². The first-order valence-electron chi connectivity index (χ1n) is 12.6. The topological polar surface area (TPSA) is 163 Å². The Morgan fingerprint density at radius 1 is 0.650 bits per heavy atom. The van der Waals surface area contributed by atoms with E-state index in [-0.39, 0.29) is 5.91 Å². The summed E-state index contributed by atoms with van der Waals surface area (Å²) in [7, 11) is 0. The number of carbonyl (C=O) groups excluding carboxylic acids is 2. The third-order valence-corrected chi connectivity index (χ3v) is 6.37. The largest absolute Gasteiger partial charge is 0.398 e. The molecule has 200 valence electrons. The molecule has 0 unspecified atom stereocenters. The second kappa shape index (κ2) is 13.3. The number of nitrogens with zero attached hydrogens (tertiary/aromatic N) is 3. The molecule has 0 aliphatic heterocycles. The van der Waals surface area contributed by atoms with Crippen LogP contribution in [-0.4, -0.2) is 29.8 Å². The molecule has 0 saturated carbocycles. The van der Waals surface area contributed by atoms with Crippen molar-refractivity contribution in [2.75, 3.05) is 24.6 Å². The Morgan fingerprint density at radius 2 is 1.02 bits per heavy atom. The fourth-order valence-electron chi connectivity index (χ4n) is 3.99. The highest BCUT2D eigenvalue weighted by Gasteiger charge is 2.12. The monoisotopic (exact) mass is 530 g/mol. The van der Waals surface area contributed by atoms with Crippen LogP contribution in [-0.2, 0) is 0 Å². The highest BCUT2D eigenvalue weighted by Crippen LogP contribution is 2.25. The number of rotatable bonds is 6. The molecule has 2 amide bonds. The van der Waals surface area contributed by atoms with Crippen LogP contribution in [0.15, 0.2) is 84.9 Å². The molecule has 4 rings (SSSR count). The van der Waals surface area contributed by atoms with Gasteiger partial charge in [-0.3, -0.25) is 9.59 Å². The summed E-state index contributed by atoms with van der Waals surface area (Å²) in [6.07, 6.45) is 0. The maximum Gasteiger partial charge on any atom is 0.253 e. The van der Waals surface area contributed by atoms with Crippen molar-refractivity contribution in [2.45, 2.75) is 13.8 Å². The minimum Gasteiger partial charge on any atom is -0.398 e. The van der Waals surface area contributed by atoms with Gasteiger partial charge in [0, 0.05) is 35.6 Å². The van der Waals surface area contributed by atoms with E-state index in [1.807, 2.05) is 56.3 Å². The fraction of sp³-hybridized carbons (Fsp3) is 0.125. The molecule has 0 spiro atoms. The molecule has 0 radical (unpaired) electrons. The lowest BCUT2D eigenvalue weighted by molar-refractivity contribution is 0.0772. The van der Waals surface area contributed by atoms with Crippen LogP contribution < -0.4 is 17.2 Å². The van der Waals surface area contributed by atoms with Crippen molar-refractivity contribution >= 4 is 23.2 Å². The van der Waals surface area contributed by atoms with Crippen LogP contribution in [0.25, 0.3) is 22.3 Å². The summed E-state index contributed by atoms with van der Waals surface area (Å²) in [5, 5.41) is 18.0. The molecule has 4 aromatic carbocycles. The second-order valence-corrected chi connectivity index (χ2v) is 8.82. The summed E-state index contributed by atoms with van der Waals surface area (Å²) in [5.74, 6) is -0.428. The Hall–Kier alpha value is -5.60. The van der Waals surface area contributed by atoms with Gasteiger partial charge in [0.2, 0.25) is 5.91 Å². The Labute approximate surface area is 233 Å². The first-order valence-corrected chi connectivity index (χ1v) is 12.6. The molecule has 0 heterocycles. The quantitative estimate of drug-likeness (QED) is 0.290. The Kier molecular flexibility index (Phi) is 9.61. The van der Waals surface area contributed by atoms with Gasteiger partial charge in [0.25, 0.3) is 5.91 Å². The molecule has 0 saturated heterocycles. The number of nitriles is 2. The van der Waals surface area contributed by atoms with Gasteiger partial charge in [-0.2, -0.15) is 10.5 Å². The maximum atomic E-state index is 12.3. The first-order chi connectivity index (χ1) is 19.2. The lowest BCUT2D eigenvalue weighted by Crippen LogP contribution is -2.30. The van der Waals surface area contributed by atoms with E-state index in [0.29, 0.717) is 46.7 Å². The van der Waals surface area contributed by atoms with Crippen LogP contribution in [0.2, 0.25) is 0 Å². The number of nitrogen functional groups attached to an aromatic ring is 2. The van der Waals surface area contributed by atoms with Gasteiger partial charge >= 0.3 is 0 Å². The van der Waals surface area contributed by atoms with Gasteiger partial charge in [0.05, 0.1) is 11.1 Å². The fourth-order valence-corrected chi connectivity index (χ4v) is 3.99. The molecule has 0 aliphatic carbocycles. The minimum atomic E-state index is -0.462. The molecule has 0 bridgehead atoms. The molecule has 8 heteroatoms. The van der Waals surface area contributed by atoms with Crippen LogP contribution in [0.1, 0.15) is 45.7 Å². The van der Waals surface area contributed by atoms with Crippen molar-refractivity contribution in [3.8, 4) is 34.4 Å². The van der Waals surface area contributed by atoms with Crippen LogP contribution >= 0.6 is 0 Å². The number of nitrogens with two attached hydrogens (primary N) is 3. The zero-order valence-corrected chi connectivity index (χ0v) is 22.4. The van der Waals surface area contributed by atoms with E-state index in [4.69, 9.17) is 27.7 Å². The molecular formula is C32H30N6O2. The van der Waals surface area contributed by atoms with Gasteiger partial charge in [-0.1, -0.05) is 36.4 Å². The summed E-state index contributed by atoms with van der Waals surface area (Å²) in [6.45, 7) is 5.32. The summed E-state index contributed by atoms with van der Waals surface area (Å²) < 4.78 is 0. The average Bonchev–Trinajstić information content (AvgIpc) is 2.98. The van der Waals surface area contributed by atoms with E-state index in [1.165, 1.54) is 0 Å². The minimum absolute atomic E-state index is 0.0339. The highest BCUT2D eigenvalue weighted by molar-refractivity contribution is 5.95. The van der Waals surface area contributed by atoms with Gasteiger partial charge in [0.15, 0.2) is 0 Å². The molecule has 6 N–H and O–H groups in total. The van der Waals surface area contributed by atoms with Gasteiger partial charge in [-0.05, 0) is 84.6 Å². The van der Waals surface area contributed by atoms with Crippen molar-refractivity contribution < 1.29 is 9.59 Å². The third kappa shape index (κ3) is 6.83. The van der Waals surface area contributed by atoms with Crippen molar-refractivity contribution in [3.05, 3.63) is 107 Å². The molecule has 0 fully saturated rings. The summed E-state index contributed by atoms with van der Waals surface area (Å²) in [4.78, 5) is 25.0. The van der Waals surface area contributed by atoms with Gasteiger partial charge in [-0.25, -0.2) is 0 Å². The van der Waals surface area contributed by atoms with Crippen LogP contribution in [0.3, 0.4) is 0 Å². The van der Waals surface area contributed by atoms with E-state index in [2.05, 4.69) is 6.07 Å². The molecular weight excluding hydrogens is 500 g/mol. The van der Waals surface area contributed by atoms with Crippen molar-refractivity contribution in [1.29, 1.82) is 10.5 Å².